The fourth-order valence-electron chi connectivity index (χ4n) is 3.92. The minimum atomic E-state index is 0.713. The highest BCUT2D eigenvalue weighted by atomic mass is 15.2. The first kappa shape index (κ1) is 15.3. The van der Waals surface area contributed by atoms with Crippen molar-refractivity contribution in [1.29, 1.82) is 0 Å². The van der Waals surface area contributed by atoms with Crippen molar-refractivity contribution in [1.82, 2.24) is 10.2 Å². The fourth-order valence-corrected chi connectivity index (χ4v) is 3.92. The fraction of sp³-hybridized carbons (Fsp3) is 1.00. The lowest BCUT2D eigenvalue weighted by Crippen LogP contribution is -2.52. The Hall–Kier alpha value is -0.120. The van der Waals surface area contributed by atoms with Crippen molar-refractivity contribution in [2.24, 2.45) is 11.7 Å². The van der Waals surface area contributed by atoms with Crippen LogP contribution in [0.25, 0.3) is 0 Å². The van der Waals surface area contributed by atoms with E-state index in [0.29, 0.717) is 6.04 Å². The SMILES string of the molecule is CCCCC1CC(NC2CCCC2)CN(CCN)C1. The van der Waals surface area contributed by atoms with Crippen LogP contribution in [0.2, 0.25) is 0 Å². The summed E-state index contributed by atoms with van der Waals surface area (Å²) in [4.78, 5) is 2.59. The van der Waals surface area contributed by atoms with Crippen LogP contribution in [0, 0.1) is 5.92 Å². The second kappa shape index (κ2) is 8.23. The van der Waals surface area contributed by atoms with Gasteiger partial charge in [-0.05, 0) is 31.6 Å². The van der Waals surface area contributed by atoms with E-state index in [-0.39, 0.29) is 0 Å². The van der Waals surface area contributed by atoms with Gasteiger partial charge in [-0.1, -0.05) is 32.6 Å². The first-order chi connectivity index (χ1) is 9.31. The first-order valence-corrected chi connectivity index (χ1v) is 8.50. The summed E-state index contributed by atoms with van der Waals surface area (Å²) in [5.41, 5.74) is 5.75. The van der Waals surface area contributed by atoms with Gasteiger partial charge in [0.05, 0.1) is 0 Å². The number of nitrogens with one attached hydrogen (secondary N) is 1. The Labute approximate surface area is 119 Å². The zero-order valence-electron chi connectivity index (χ0n) is 12.7. The molecule has 0 amide bonds. The molecule has 1 heterocycles. The Morgan fingerprint density at radius 1 is 1.16 bits per heavy atom. The van der Waals surface area contributed by atoms with Crippen molar-refractivity contribution in [2.75, 3.05) is 26.2 Å². The molecule has 19 heavy (non-hydrogen) atoms. The van der Waals surface area contributed by atoms with E-state index in [4.69, 9.17) is 5.73 Å². The van der Waals surface area contributed by atoms with E-state index in [0.717, 1.165) is 25.0 Å². The lowest BCUT2D eigenvalue weighted by atomic mass is 9.89. The summed E-state index contributed by atoms with van der Waals surface area (Å²) in [5, 5.41) is 3.93. The standard InChI is InChI=1S/C16H33N3/c1-2-3-6-14-11-16(13-19(12-14)10-9-17)18-15-7-4-5-8-15/h14-16,18H,2-13,17H2,1H3. The van der Waals surface area contributed by atoms with E-state index < -0.39 is 0 Å². The van der Waals surface area contributed by atoms with Gasteiger partial charge in [-0.25, -0.2) is 0 Å². The van der Waals surface area contributed by atoms with Gasteiger partial charge < -0.3 is 16.0 Å². The molecule has 2 aliphatic rings. The summed E-state index contributed by atoms with van der Waals surface area (Å²) in [5.74, 6) is 0.888. The molecular weight excluding hydrogens is 234 g/mol. The maximum Gasteiger partial charge on any atom is 0.0200 e. The Morgan fingerprint density at radius 3 is 2.63 bits per heavy atom. The summed E-state index contributed by atoms with van der Waals surface area (Å²) >= 11 is 0. The molecule has 3 N–H and O–H groups in total. The van der Waals surface area contributed by atoms with Crippen LogP contribution in [-0.2, 0) is 0 Å². The molecule has 0 radical (unpaired) electrons. The van der Waals surface area contributed by atoms with E-state index in [2.05, 4.69) is 17.1 Å². The molecule has 0 bridgehead atoms. The molecule has 3 nitrogen and oxygen atoms in total. The van der Waals surface area contributed by atoms with Crippen LogP contribution >= 0.6 is 0 Å². The van der Waals surface area contributed by atoms with Gasteiger partial charge in [0.1, 0.15) is 0 Å². The van der Waals surface area contributed by atoms with Gasteiger partial charge in [-0.15, -0.1) is 0 Å². The van der Waals surface area contributed by atoms with Gasteiger partial charge in [-0.3, -0.25) is 0 Å². The molecule has 1 aliphatic carbocycles. The Balaban J connectivity index is 1.81. The average Bonchev–Trinajstić information content (AvgIpc) is 2.89. The van der Waals surface area contributed by atoms with Crippen LogP contribution in [-0.4, -0.2) is 43.2 Å². The van der Waals surface area contributed by atoms with Crippen molar-refractivity contribution < 1.29 is 0 Å². The molecule has 2 rings (SSSR count). The number of unbranched alkanes of at least 4 members (excludes halogenated alkanes) is 1. The normalized spacial score (nSPS) is 30.0. The predicted octanol–water partition coefficient (Wildman–Crippen LogP) is 2.36. The van der Waals surface area contributed by atoms with E-state index in [1.165, 1.54) is 64.5 Å². The first-order valence-electron chi connectivity index (χ1n) is 8.50. The number of hydrogen-bond donors (Lipinski definition) is 2. The van der Waals surface area contributed by atoms with Crippen LogP contribution in [0.4, 0.5) is 0 Å². The second-order valence-corrected chi connectivity index (χ2v) is 6.64. The molecule has 1 saturated carbocycles. The van der Waals surface area contributed by atoms with Crippen molar-refractivity contribution in [2.45, 2.75) is 70.4 Å². The van der Waals surface area contributed by atoms with Crippen LogP contribution < -0.4 is 11.1 Å². The maximum absolute atomic E-state index is 5.75. The Kier molecular flexibility index (Phi) is 6.62. The monoisotopic (exact) mass is 267 g/mol. The van der Waals surface area contributed by atoms with Crippen molar-refractivity contribution in [3.05, 3.63) is 0 Å². The van der Waals surface area contributed by atoms with Crippen LogP contribution in [0.5, 0.6) is 0 Å². The van der Waals surface area contributed by atoms with E-state index in [1.54, 1.807) is 0 Å². The molecule has 0 aromatic heterocycles. The predicted molar refractivity (Wildman–Crippen MR) is 82.3 cm³/mol. The number of likely N-dealkylation sites (tertiary alicyclic amines) is 1. The highest BCUT2D eigenvalue weighted by molar-refractivity contribution is 4.87. The third-order valence-electron chi connectivity index (χ3n) is 4.85. The van der Waals surface area contributed by atoms with E-state index >= 15 is 0 Å². The second-order valence-electron chi connectivity index (χ2n) is 6.64. The number of rotatable bonds is 7. The van der Waals surface area contributed by atoms with Crippen LogP contribution in [0.3, 0.4) is 0 Å². The summed E-state index contributed by atoms with van der Waals surface area (Å²) < 4.78 is 0. The summed E-state index contributed by atoms with van der Waals surface area (Å²) in [7, 11) is 0. The zero-order valence-corrected chi connectivity index (χ0v) is 12.7. The lowest BCUT2D eigenvalue weighted by Gasteiger charge is -2.39. The molecule has 2 unspecified atom stereocenters. The van der Waals surface area contributed by atoms with Crippen molar-refractivity contribution in [3.63, 3.8) is 0 Å². The zero-order chi connectivity index (χ0) is 13.5. The van der Waals surface area contributed by atoms with Gasteiger partial charge >= 0.3 is 0 Å². The molecule has 2 atom stereocenters. The van der Waals surface area contributed by atoms with Gasteiger partial charge in [0.15, 0.2) is 0 Å². The third-order valence-corrected chi connectivity index (χ3v) is 4.85. The summed E-state index contributed by atoms with van der Waals surface area (Å²) in [6.07, 6.45) is 11.1. The quantitative estimate of drug-likeness (QED) is 0.744. The topological polar surface area (TPSA) is 41.3 Å². The molecule has 2 fully saturated rings. The number of nitrogens with zero attached hydrogens (tertiary/aromatic N) is 1. The Morgan fingerprint density at radius 2 is 1.95 bits per heavy atom. The number of hydrogen-bond acceptors (Lipinski definition) is 3. The maximum atomic E-state index is 5.75. The smallest absolute Gasteiger partial charge is 0.0200 e. The number of nitrogens with two attached hydrogens (primary N) is 1. The third kappa shape index (κ3) is 5.05. The van der Waals surface area contributed by atoms with Crippen LogP contribution in [0.15, 0.2) is 0 Å². The van der Waals surface area contributed by atoms with E-state index in [1.807, 2.05) is 0 Å². The van der Waals surface area contributed by atoms with Gasteiger partial charge in [-0.2, -0.15) is 0 Å². The number of piperidine rings is 1. The molecule has 112 valence electrons. The van der Waals surface area contributed by atoms with Crippen LogP contribution in [0.1, 0.15) is 58.3 Å². The van der Waals surface area contributed by atoms with Gasteiger partial charge in [0.2, 0.25) is 0 Å². The summed E-state index contributed by atoms with van der Waals surface area (Å²) in [6.45, 7) is 6.67. The minimum absolute atomic E-state index is 0.713. The van der Waals surface area contributed by atoms with E-state index in [9.17, 15) is 0 Å². The molecule has 0 aromatic rings. The largest absolute Gasteiger partial charge is 0.329 e. The molecule has 0 spiro atoms. The molecule has 1 saturated heterocycles. The highest BCUT2D eigenvalue weighted by Crippen LogP contribution is 2.24. The Bertz CT molecular complexity index is 238. The molecule has 1 aliphatic heterocycles. The van der Waals surface area contributed by atoms with Gasteiger partial charge in [0, 0.05) is 38.3 Å². The minimum Gasteiger partial charge on any atom is -0.329 e. The highest BCUT2D eigenvalue weighted by Gasteiger charge is 2.28. The average molecular weight is 267 g/mol. The lowest BCUT2D eigenvalue weighted by molar-refractivity contribution is 0.132. The molecule has 0 aromatic carbocycles. The summed E-state index contributed by atoms with van der Waals surface area (Å²) in [6, 6.07) is 1.51. The molecular formula is C16H33N3. The van der Waals surface area contributed by atoms with Crippen molar-refractivity contribution in [3.8, 4) is 0 Å². The van der Waals surface area contributed by atoms with Crippen molar-refractivity contribution >= 4 is 0 Å². The van der Waals surface area contributed by atoms with Gasteiger partial charge in [0.25, 0.3) is 0 Å². The molecule has 3 heteroatoms.